The lowest BCUT2D eigenvalue weighted by Gasteiger charge is -2.29. The fourth-order valence-corrected chi connectivity index (χ4v) is 6.90. The van der Waals surface area contributed by atoms with Crippen LogP contribution in [0.5, 0.6) is 0 Å². The van der Waals surface area contributed by atoms with Crippen molar-refractivity contribution in [3.8, 4) is 0 Å². The Morgan fingerprint density at radius 2 is 1.82 bits per heavy atom. The first-order chi connectivity index (χ1) is 21.5. The fourth-order valence-electron chi connectivity index (χ4n) is 4.81. The largest absolute Gasteiger partial charge is 0.464 e. The van der Waals surface area contributed by atoms with E-state index in [2.05, 4.69) is 10.7 Å². The van der Waals surface area contributed by atoms with Crippen molar-refractivity contribution < 1.29 is 38.4 Å². The number of nitrogens with one attached hydrogen (secondary N) is 2. The molecule has 248 valence electrons. The summed E-state index contributed by atoms with van der Waals surface area (Å²) in [5.74, 6) is -0.137. The first kappa shape index (κ1) is 36.1. The van der Waals surface area contributed by atoms with Crippen LogP contribution in [0.25, 0.3) is 0 Å². The van der Waals surface area contributed by atoms with Crippen molar-refractivity contribution in [1.82, 2.24) is 25.6 Å². The maximum absolute atomic E-state index is 13.1. The third-order valence-corrected chi connectivity index (χ3v) is 9.10. The molecule has 2 atom stereocenters. The van der Waals surface area contributed by atoms with Gasteiger partial charge in [-0.2, -0.15) is 11.8 Å². The molecule has 15 nitrogen and oxygen atoms in total. The minimum absolute atomic E-state index is 0.0245. The Morgan fingerprint density at radius 3 is 2.47 bits per heavy atom. The Bertz CT molecular complexity index is 1200. The molecule has 2 unspecified atom stereocenters. The van der Waals surface area contributed by atoms with E-state index in [1.807, 2.05) is 0 Å². The zero-order chi connectivity index (χ0) is 32.8. The summed E-state index contributed by atoms with van der Waals surface area (Å²) in [7, 11) is 0. The van der Waals surface area contributed by atoms with Gasteiger partial charge in [-0.3, -0.25) is 34.7 Å². The molecule has 45 heavy (non-hydrogen) atoms. The van der Waals surface area contributed by atoms with Crippen molar-refractivity contribution in [3.63, 3.8) is 0 Å². The molecule has 17 heteroatoms. The number of nitrogens with zero attached hydrogens (tertiary/aromatic N) is 4. The monoisotopic (exact) mass is 668 g/mol. The quantitative estimate of drug-likeness (QED) is 0.119. The van der Waals surface area contributed by atoms with Crippen LogP contribution in [0.4, 0.5) is 10.5 Å². The number of thioether (sulfide) groups is 2. The standard InChI is InChI=1S/C28H40N6O9S2/c1-20(35)42-13-12-31(17-26(37)30-32-10-8-29-9-11-32)27(38)7-14-44-19-24-15-25(45-21(2)36)16-33(24)28(39)43-18-22-3-5-23(6-4-22)34(40)41/h3-6,24-25,29H,7-19H2,1-2H3,(H,30,37). The highest BCUT2D eigenvalue weighted by Gasteiger charge is 2.37. The molecule has 3 amide bonds. The van der Waals surface area contributed by atoms with Gasteiger partial charge in [0.05, 0.1) is 11.5 Å². The number of ether oxygens (including phenoxy) is 2. The van der Waals surface area contributed by atoms with Gasteiger partial charge in [-0.25, -0.2) is 9.80 Å². The van der Waals surface area contributed by atoms with Gasteiger partial charge in [-0.05, 0) is 24.1 Å². The van der Waals surface area contributed by atoms with Crippen molar-refractivity contribution in [2.75, 3.05) is 63.9 Å². The van der Waals surface area contributed by atoms with E-state index >= 15 is 0 Å². The van der Waals surface area contributed by atoms with Crippen LogP contribution in [0, 0.1) is 10.1 Å². The molecule has 2 fully saturated rings. The molecule has 0 radical (unpaired) electrons. The second kappa shape index (κ2) is 18.5. The fraction of sp³-hybridized carbons (Fsp3) is 0.607. The number of amides is 3. The Labute approximate surface area is 270 Å². The molecular weight excluding hydrogens is 628 g/mol. The minimum Gasteiger partial charge on any atom is -0.464 e. The lowest BCUT2D eigenvalue weighted by molar-refractivity contribution is -0.384. The van der Waals surface area contributed by atoms with Crippen molar-refractivity contribution in [2.24, 2.45) is 0 Å². The molecule has 3 rings (SSSR count). The van der Waals surface area contributed by atoms with E-state index in [0.717, 1.165) is 13.1 Å². The number of non-ortho nitro benzene ring substituents is 1. The summed E-state index contributed by atoms with van der Waals surface area (Å²) >= 11 is 2.66. The molecule has 0 aliphatic carbocycles. The molecule has 2 heterocycles. The van der Waals surface area contributed by atoms with Crippen LogP contribution in [0.2, 0.25) is 0 Å². The number of esters is 1. The van der Waals surface area contributed by atoms with Crippen molar-refractivity contribution in [1.29, 1.82) is 0 Å². The number of hydrogen-bond donors (Lipinski definition) is 2. The van der Waals surface area contributed by atoms with Crippen LogP contribution in [0.1, 0.15) is 32.3 Å². The molecule has 0 bridgehead atoms. The van der Waals surface area contributed by atoms with E-state index in [9.17, 15) is 34.1 Å². The number of nitro groups is 1. The van der Waals surface area contributed by atoms with Gasteiger partial charge >= 0.3 is 12.1 Å². The molecular formula is C28H40N6O9S2. The Hall–Kier alpha value is -3.41. The number of nitro benzene ring substituents is 1. The van der Waals surface area contributed by atoms with Gasteiger partial charge in [-0.15, -0.1) is 0 Å². The van der Waals surface area contributed by atoms with E-state index in [-0.39, 0.29) is 66.6 Å². The van der Waals surface area contributed by atoms with Crippen LogP contribution in [-0.4, -0.2) is 124 Å². The number of carbonyl (C=O) groups excluding carboxylic acids is 5. The number of piperazine rings is 1. The first-order valence-electron chi connectivity index (χ1n) is 14.6. The van der Waals surface area contributed by atoms with Gasteiger partial charge in [0.25, 0.3) is 11.6 Å². The van der Waals surface area contributed by atoms with E-state index in [4.69, 9.17) is 9.47 Å². The van der Waals surface area contributed by atoms with Gasteiger partial charge < -0.3 is 24.6 Å². The second-order valence-corrected chi connectivity index (χ2v) is 13.1. The van der Waals surface area contributed by atoms with E-state index in [0.29, 0.717) is 43.1 Å². The number of likely N-dealkylation sites (tertiary alicyclic amines) is 1. The average Bonchev–Trinajstić information content (AvgIpc) is 3.39. The lowest BCUT2D eigenvalue weighted by atomic mass is 10.2. The molecule has 0 spiro atoms. The summed E-state index contributed by atoms with van der Waals surface area (Å²) in [6.45, 7) is 5.71. The Kier molecular flexibility index (Phi) is 14.9. The third-order valence-electron chi connectivity index (χ3n) is 6.98. The van der Waals surface area contributed by atoms with Gasteiger partial charge in [0.15, 0.2) is 5.12 Å². The molecule has 2 N–H and O–H groups in total. The topological polar surface area (TPSA) is 181 Å². The molecule has 1 aromatic rings. The summed E-state index contributed by atoms with van der Waals surface area (Å²) in [6, 6.07) is 5.51. The zero-order valence-corrected chi connectivity index (χ0v) is 27.1. The smallest absolute Gasteiger partial charge is 0.410 e. The van der Waals surface area contributed by atoms with Crippen molar-refractivity contribution in [2.45, 2.75) is 44.6 Å². The van der Waals surface area contributed by atoms with E-state index in [1.54, 1.807) is 9.91 Å². The number of benzene rings is 1. The number of hydrogen-bond acceptors (Lipinski definition) is 13. The van der Waals surface area contributed by atoms with Crippen LogP contribution >= 0.6 is 23.5 Å². The summed E-state index contributed by atoms with van der Waals surface area (Å²) in [5, 5.41) is 15.7. The van der Waals surface area contributed by atoms with Crippen LogP contribution in [0.3, 0.4) is 0 Å². The maximum atomic E-state index is 13.1. The lowest BCUT2D eigenvalue weighted by Crippen LogP contribution is -2.54. The third kappa shape index (κ3) is 12.8. The number of hydrazine groups is 1. The van der Waals surface area contributed by atoms with Crippen molar-refractivity contribution in [3.05, 3.63) is 39.9 Å². The van der Waals surface area contributed by atoms with Crippen LogP contribution < -0.4 is 10.7 Å². The van der Waals surface area contributed by atoms with Gasteiger partial charge in [-0.1, -0.05) is 11.8 Å². The zero-order valence-electron chi connectivity index (χ0n) is 25.4. The highest BCUT2D eigenvalue weighted by atomic mass is 32.2. The summed E-state index contributed by atoms with van der Waals surface area (Å²) in [4.78, 5) is 75.0. The molecule has 1 aromatic carbocycles. The van der Waals surface area contributed by atoms with Gasteiger partial charge in [0.1, 0.15) is 19.8 Å². The van der Waals surface area contributed by atoms with Crippen molar-refractivity contribution >= 4 is 58.2 Å². The normalized spacial score (nSPS) is 18.2. The first-order valence-corrected chi connectivity index (χ1v) is 16.6. The molecule has 2 saturated heterocycles. The SMILES string of the molecule is CC(=O)OCCN(CC(=O)NN1CCNCC1)C(=O)CCSCC1CC(SC(C)=O)CN1C(=O)OCc1ccc([N+](=O)[O-])cc1. The Morgan fingerprint density at radius 1 is 1.11 bits per heavy atom. The molecule has 0 saturated carbocycles. The van der Waals surface area contributed by atoms with E-state index in [1.165, 1.54) is 66.5 Å². The minimum atomic E-state index is -0.547. The maximum Gasteiger partial charge on any atom is 0.410 e. The summed E-state index contributed by atoms with van der Waals surface area (Å²) in [6.07, 6.45) is 0.168. The van der Waals surface area contributed by atoms with Gasteiger partial charge in [0, 0.05) is 87.9 Å². The predicted octanol–water partition coefficient (Wildman–Crippen LogP) is 1.41. The summed E-state index contributed by atoms with van der Waals surface area (Å²) < 4.78 is 10.5. The number of rotatable bonds is 15. The average molecular weight is 669 g/mol. The van der Waals surface area contributed by atoms with Gasteiger partial charge in [0.2, 0.25) is 5.91 Å². The van der Waals surface area contributed by atoms with Crippen LogP contribution in [-0.2, 0) is 35.3 Å². The molecule has 2 aliphatic rings. The van der Waals surface area contributed by atoms with Crippen LogP contribution in [0.15, 0.2) is 24.3 Å². The summed E-state index contributed by atoms with van der Waals surface area (Å²) in [5.41, 5.74) is 3.36. The molecule has 0 aromatic heterocycles. The number of carbonyl (C=O) groups is 5. The second-order valence-electron chi connectivity index (χ2n) is 10.5. The highest BCUT2D eigenvalue weighted by molar-refractivity contribution is 8.14. The molecule has 2 aliphatic heterocycles. The highest BCUT2D eigenvalue weighted by Crippen LogP contribution is 2.31. The van der Waals surface area contributed by atoms with E-state index < -0.39 is 17.0 Å². The Balaban J connectivity index is 1.51. The predicted molar refractivity (Wildman–Crippen MR) is 168 cm³/mol.